The van der Waals surface area contributed by atoms with Crippen molar-refractivity contribution in [3.63, 3.8) is 0 Å². The zero-order valence-corrected chi connectivity index (χ0v) is 17.0. The van der Waals surface area contributed by atoms with Crippen LogP contribution in [0.2, 0.25) is 0 Å². The number of hydrogen-bond donors (Lipinski definition) is 1. The highest BCUT2D eigenvalue weighted by molar-refractivity contribution is 5.90. The van der Waals surface area contributed by atoms with Gasteiger partial charge in [-0.1, -0.05) is 6.08 Å². The van der Waals surface area contributed by atoms with Crippen LogP contribution in [0.3, 0.4) is 0 Å². The van der Waals surface area contributed by atoms with E-state index in [0.717, 1.165) is 23.0 Å². The van der Waals surface area contributed by atoms with Crippen LogP contribution in [0, 0.1) is 0 Å². The number of nitrogens with zero attached hydrogens (tertiary/aromatic N) is 2. The summed E-state index contributed by atoms with van der Waals surface area (Å²) in [6.45, 7) is 12.8. The largest absolute Gasteiger partial charge is 0.472 e. The molecule has 0 spiro atoms. The van der Waals surface area contributed by atoms with Gasteiger partial charge in [0.2, 0.25) is 5.88 Å². The molecule has 2 aromatic rings. The standard InChI is InChI=1S/C21H29N3O3/c1-20(2,3)26-17-8-7-16-18(23-17)15(13-22-16)14-9-11-24(12-10-14)19(25)27-21(4,5)6/h7-9,13,22H,10-12H2,1-6H3. The molecule has 0 unspecified atom stereocenters. The van der Waals surface area contributed by atoms with Gasteiger partial charge in [0.25, 0.3) is 0 Å². The molecule has 0 saturated heterocycles. The highest BCUT2D eigenvalue weighted by atomic mass is 16.6. The lowest BCUT2D eigenvalue weighted by atomic mass is 10.0. The number of hydrogen-bond acceptors (Lipinski definition) is 4. The highest BCUT2D eigenvalue weighted by Gasteiger charge is 2.25. The lowest BCUT2D eigenvalue weighted by Crippen LogP contribution is -2.39. The lowest BCUT2D eigenvalue weighted by Gasteiger charge is -2.29. The van der Waals surface area contributed by atoms with Crippen LogP contribution in [0.15, 0.2) is 24.4 Å². The van der Waals surface area contributed by atoms with Crippen molar-refractivity contribution in [2.24, 2.45) is 0 Å². The summed E-state index contributed by atoms with van der Waals surface area (Å²) in [6.07, 6.45) is 4.55. The number of rotatable bonds is 2. The second-order valence-corrected chi connectivity index (χ2v) is 8.87. The molecule has 0 bridgehead atoms. The van der Waals surface area contributed by atoms with E-state index in [9.17, 15) is 4.79 Å². The molecule has 1 amide bonds. The fourth-order valence-electron chi connectivity index (χ4n) is 3.00. The van der Waals surface area contributed by atoms with Gasteiger partial charge in [-0.05, 0) is 59.6 Å². The molecule has 3 heterocycles. The van der Waals surface area contributed by atoms with E-state index in [2.05, 4.69) is 11.1 Å². The van der Waals surface area contributed by atoms with Crippen LogP contribution in [-0.2, 0) is 4.74 Å². The Kier molecular flexibility index (Phi) is 4.93. The maximum atomic E-state index is 12.2. The Morgan fingerprint density at radius 1 is 1.15 bits per heavy atom. The number of ether oxygens (including phenoxy) is 2. The van der Waals surface area contributed by atoms with Crippen molar-refractivity contribution < 1.29 is 14.3 Å². The molecular formula is C21H29N3O3. The van der Waals surface area contributed by atoms with Crippen molar-refractivity contribution in [3.8, 4) is 5.88 Å². The Bertz CT molecular complexity index is 869. The second kappa shape index (κ2) is 6.91. The minimum absolute atomic E-state index is 0.268. The number of aromatic amines is 1. The molecule has 6 nitrogen and oxygen atoms in total. The molecule has 3 rings (SSSR count). The average molecular weight is 371 g/mol. The summed E-state index contributed by atoms with van der Waals surface area (Å²) >= 11 is 0. The number of amides is 1. The number of H-pyrrole nitrogens is 1. The predicted octanol–water partition coefficient (Wildman–Crippen LogP) is 4.76. The fraction of sp³-hybridized carbons (Fsp3) is 0.524. The van der Waals surface area contributed by atoms with E-state index < -0.39 is 5.60 Å². The summed E-state index contributed by atoms with van der Waals surface area (Å²) in [5.74, 6) is 0.614. The van der Waals surface area contributed by atoms with Crippen LogP contribution in [0.4, 0.5) is 4.79 Å². The van der Waals surface area contributed by atoms with E-state index in [0.29, 0.717) is 19.0 Å². The summed E-state index contributed by atoms with van der Waals surface area (Å²) in [7, 11) is 0. The summed E-state index contributed by atoms with van der Waals surface area (Å²) in [5, 5.41) is 0. The number of pyridine rings is 1. The Morgan fingerprint density at radius 3 is 2.48 bits per heavy atom. The van der Waals surface area contributed by atoms with Crippen molar-refractivity contribution in [1.82, 2.24) is 14.9 Å². The molecule has 0 saturated carbocycles. The van der Waals surface area contributed by atoms with Crippen LogP contribution in [-0.4, -0.2) is 45.3 Å². The van der Waals surface area contributed by atoms with Gasteiger partial charge in [0.05, 0.1) is 11.0 Å². The summed E-state index contributed by atoms with van der Waals surface area (Å²) in [5.41, 5.74) is 3.34. The topological polar surface area (TPSA) is 67.5 Å². The van der Waals surface area contributed by atoms with Gasteiger partial charge < -0.3 is 19.4 Å². The first-order valence-corrected chi connectivity index (χ1v) is 9.36. The fourth-order valence-corrected chi connectivity index (χ4v) is 3.00. The van der Waals surface area contributed by atoms with Gasteiger partial charge in [-0.25, -0.2) is 9.78 Å². The molecule has 2 aromatic heterocycles. The van der Waals surface area contributed by atoms with Crippen molar-refractivity contribution in [3.05, 3.63) is 30.0 Å². The quantitative estimate of drug-likeness (QED) is 0.826. The van der Waals surface area contributed by atoms with Gasteiger partial charge in [0, 0.05) is 30.9 Å². The van der Waals surface area contributed by atoms with Crippen LogP contribution >= 0.6 is 0 Å². The third-order valence-electron chi connectivity index (χ3n) is 4.11. The van der Waals surface area contributed by atoms with E-state index in [4.69, 9.17) is 14.5 Å². The maximum absolute atomic E-state index is 12.2. The number of carbonyl (C=O) groups excluding carboxylic acids is 1. The van der Waals surface area contributed by atoms with Gasteiger partial charge in [-0.15, -0.1) is 0 Å². The number of nitrogens with one attached hydrogen (secondary N) is 1. The lowest BCUT2D eigenvalue weighted by molar-refractivity contribution is 0.0270. The summed E-state index contributed by atoms with van der Waals surface area (Å²) in [6, 6.07) is 3.87. The van der Waals surface area contributed by atoms with Gasteiger partial charge >= 0.3 is 6.09 Å². The number of carbonyl (C=O) groups is 1. The first kappa shape index (κ1) is 19.3. The Labute approximate surface area is 160 Å². The minimum Gasteiger partial charge on any atom is -0.472 e. The SMILES string of the molecule is CC(C)(C)OC(=O)N1CC=C(c2c[nH]c3ccc(OC(C)(C)C)nc23)CC1. The van der Waals surface area contributed by atoms with Crippen molar-refractivity contribution in [2.45, 2.75) is 59.2 Å². The van der Waals surface area contributed by atoms with E-state index >= 15 is 0 Å². The van der Waals surface area contributed by atoms with E-state index in [1.807, 2.05) is 59.9 Å². The second-order valence-electron chi connectivity index (χ2n) is 8.87. The average Bonchev–Trinajstić information content (AvgIpc) is 2.95. The molecule has 6 heteroatoms. The normalized spacial score (nSPS) is 15.6. The van der Waals surface area contributed by atoms with Crippen molar-refractivity contribution in [2.75, 3.05) is 13.1 Å². The number of fused-ring (bicyclic) bond motifs is 1. The van der Waals surface area contributed by atoms with E-state index in [-0.39, 0.29) is 11.7 Å². The first-order chi connectivity index (χ1) is 12.5. The van der Waals surface area contributed by atoms with Crippen LogP contribution < -0.4 is 4.74 Å². The zero-order chi connectivity index (χ0) is 19.8. The maximum Gasteiger partial charge on any atom is 0.410 e. The van der Waals surface area contributed by atoms with E-state index in [1.165, 1.54) is 5.57 Å². The van der Waals surface area contributed by atoms with Gasteiger partial charge in [-0.2, -0.15) is 0 Å². The van der Waals surface area contributed by atoms with E-state index in [1.54, 1.807) is 4.90 Å². The van der Waals surface area contributed by atoms with Crippen LogP contribution in [0.1, 0.15) is 53.5 Å². The molecular weight excluding hydrogens is 342 g/mol. The predicted molar refractivity (Wildman–Crippen MR) is 107 cm³/mol. The molecule has 0 aromatic carbocycles. The molecule has 1 aliphatic heterocycles. The highest BCUT2D eigenvalue weighted by Crippen LogP contribution is 2.30. The minimum atomic E-state index is -0.481. The van der Waals surface area contributed by atoms with Crippen molar-refractivity contribution in [1.29, 1.82) is 0 Å². The molecule has 0 aliphatic carbocycles. The van der Waals surface area contributed by atoms with Crippen LogP contribution in [0.5, 0.6) is 5.88 Å². The molecule has 0 atom stereocenters. The molecule has 27 heavy (non-hydrogen) atoms. The summed E-state index contributed by atoms with van der Waals surface area (Å²) < 4.78 is 11.4. The zero-order valence-electron chi connectivity index (χ0n) is 17.0. The first-order valence-electron chi connectivity index (χ1n) is 9.36. The van der Waals surface area contributed by atoms with Gasteiger partial charge in [0.15, 0.2) is 0 Å². The Morgan fingerprint density at radius 2 is 1.89 bits per heavy atom. The molecule has 1 aliphatic rings. The molecule has 1 N–H and O–H groups in total. The third-order valence-corrected chi connectivity index (χ3v) is 4.11. The molecule has 0 radical (unpaired) electrons. The third kappa shape index (κ3) is 4.81. The van der Waals surface area contributed by atoms with Gasteiger partial charge in [-0.3, -0.25) is 0 Å². The number of aromatic nitrogens is 2. The Hall–Kier alpha value is -2.50. The summed E-state index contributed by atoms with van der Waals surface area (Å²) in [4.78, 5) is 21.9. The smallest absolute Gasteiger partial charge is 0.410 e. The van der Waals surface area contributed by atoms with Crippen molar-refractivity contribution >= 4 is 22.7 Å². The monoisotopic (exact) mass is 371 g/mol. The van der Waals surface area contributed by atoms with Crippen LogP contribution in [0.25, 0.3) is 16.6 Å². The Balaban J connectivity index is 1.80. The molecule has 0 fully saturated rings. The van der Waals surface area contributed by atoms with Gasteiger partial charge in [0.1, 0.15) is 11.2 Å². The molecule has 146 valence electrons.